The number of aryl methyl sites for hydroxylation is 2. The maximum atomic E-state index is 8.68. The van der Waals surface area contributed by atoms with E-state index in [1.165, 1.54) is 6.07 Å². The molecule has 8 aromatic carbocycles. The standard InChI is InChI=1S/C47H39N2O.C14H15N2.Ir/c1-27(2)37-24-34(31-14-8-7-9-15-31)25-38(28(3)4)45(37)49-44-30(6)13-12-18-41(44)48-47(49)36-22-19-29(5)43-40-23-33-21-20-32-16-10-11-17-35(32)39(33)26-42(40)50-46(36)43;1-14(2,3)12-9-10-15-13(16-12)11-7-5-4-6-8-11;/h7-21,23-28H,1-6H3;4-7,9-10H,1-3H3;/q2*-1;/i5D3,6D3;;. The summed E-state index contributed by atoms with van der Waals surface area (Å²) < 4.78 is 60.7. The summed E-state index contributed by atoms with van der Waals surface area (Å²) in [6.07, 6.45) is 1.81. The van der Waals surface area contributed by atoms with Crippen LogP contribution in [0.15, 0.2) is 156 Å². The molecule has 0 fully saturated rings. The van der Waals surface area contributed by atoms with Crippen LogP contribution in [-0.2, 0) is 25.5 Å². The normalized spacial score (nSPS) is 13.5. The van der Waals surface area contributed by atoms with Crippen molar-refractivity contribution in [2.75, 3.05) is 0 Å². The van der Waals surface area contributed by atoms with E-state index in [0.29, 0.717) is 44.4 Å². The van der Waals surface area contributed by atoms with Crippen molar-refractivity contribution >= 4 is 54.5 Å². The van der Waals surface area contributed by atoms with Crippen LogP contribution >= 0.6 is 0 Å². The quantitative estimate of drug-likeness (QED) is 0.123. The molecule has 0 saturated heterocycles. The van der Waals surface area contributed by atoms with Crippen molar-refractivity contribution in [3.63, 3.8) is 0 Å². The maximum Gasteiger partial charge on any atom is 0.121 e. The zero-order valence-electron chi connectivity index (χ0n) is 44.6. The smallest absolute Gasteiger partial charge is 0.121 e. The first-order valence-electron chi connectivity index (χ1n) is 25.6. The number of nitrogens with zero attached hydrogens (tertiary/aromatic N) is 4. The summed E-state index contributed by atoms with van der Waals surface area (Å²) in [5.74, 6) is 1.23. The van der Waals surface area contributed by atoms with Crippen LogP contribution in [-0.4, -0.2) is 19.5 Å². The second-order valence-electron chi connectivity index (χ2n) is 18.7. The minimum absolute atomic E-state index is 0. The van der Waals surface area contributed by atoms with E-state index in [1.54, 1.807) is 12.1 Å². The molecule has 6 heteroatoms. The number of hydrogen-bond donors (Lipinski definition) is 0. The number of aromatic nitrogens is 4. The molecule has 3 aromatic heterocycles. The molecule has 1 radical (unpaired) electrons. The Kier molecular flexibility index (Phi) is 10.4. The summed E-state index contributed by atoms with van der Waals surface area (Å²) in [6.45, 7) is 10.1. The number of para-hydroxylation sites is 1. The van der Waals surface area contributed by atoms with E-state index in [9.17, 15) is 0 Å². The third-order valence-electron chi connectivity index (χ3n) is 12.4. The minimum atomic E-state index is -2.47. The summed E-state index contributed by atoms with van der Waals surface area (Å²) in [4.78, 5) is 14.1. The summed E-state index contributed by atoms with van der Waals surface area (Å²) in [5.41, 5.74) is 9.66. The molecule has 0 atom stereocenters. The van der Waals surface area contributed by atoms with Gasteiger partial charge in [-0.1, -0.05) is 145 Å². The van der Waals surface area contributed by atoms with Crippen LogP contribution in [0, 0.1) is 25.8 Å². The largest absolute Gasteiger partial charge is 0.501 e. The molecule has 67 heavy (non-hydrogen) atoms. The molecule has 335 valence electrons. The number of hydrogen-bond acceptors (Lipinski definition) is 4. The van der Waals surface area contributed by atoms with Crippen LogP contribution in [0.5, 0.6) is 0 Å². The zero-order chi connectivity index (χ0) is 50.9. The Balaban J connectivity index is 0.000000329. The molecule has 11 rings (SSSR count). The van der Waals surface area contributed by atoms with Gasteiger partial charge in [0.15, 0.2) is 0 Å². The van der Waals surface area contributed by atoms with E-state index >= 15 is 0 Å². The van der Waals surface area contributed by atoms with E-state index in [2.05, 4.69) is 119 Å². The Morgan fingerprint density at radius 1 is 0.657 bits per heavy atom. The topological polar surface area (TPSA) is 56.7 Å². The van der Waals surface area contributed by atoms with Crippen molar-refractivity contribution in [1.82, 2.24) is 19.5 Å². The minimum Gasteiger partial charge on any atom is -0.501 e. The number of benzene rings is 8. The van der Waals surface area contributed by atoms with Gasteiger partial charge in [0.05, 0.1) is 28.3 Å². The first kappa shape index (κ1) is 38.4. The number of fused-ring (bicyclic) bond motifs is 7. The molecule has 0 aliphatic heterocycles. The predicted octanol–water partition coefficient (Wildman–Crippen LogP) is 16.5. The molecule has 0 amide bonds. The molecular weight excluding hydrogens is 997 g/mol. The van der Waals surface area contributed by atoms with Crippen molar-refractivity contribution in [2.24, 2.45) is 0 Å². The van der Waals surface area contributed by atoms with Gasteiger partial charge in [0.25, 0.3) is 0 Å². The van der Waals surface area contributed by atoms with E-state index < -0.39 is 13.7 Å². The Hall–Kier alpha value is -6.72. The van der Waals surface area contributed by atoms with Gasteiger partial charge in [0, 0.05) is 56.7 Å². The van der Waals surface area contributed by atoms with Crippen molar-refractivity contribution in [3.8, 4) is 39.6 Å². The van der Waals surface area contributed by atoms with Crippen LogP contribution < -0.4 is 0 Å². The van der Waals surface area contributed by atoms with Crippen LogP contribution in [0.25, 0.3) is 94.1 Å². The molecule has 3 heterocycles. The summed E-state index contributed by atoms with van der Waals surface area (Å²) in [5, 5.41) is 5.24. The molecule has 11 aromatic rings. The van der Waals surface area contributed by atoms with Crippen LogP contribution in [0.1, 0.15) is 96.5 Å². The van der Waals surface area contributed by atoms with Crippen molar-refractivity contribution < 1.29 is 32.7 Å². The SMILES string of the molecule is CC(C)(C)c1ccnc(-c2[c-]cccc2)n1.[2H]C([2H])([2H])c1c[c-]c(-c2nc3cccc(C([2H])([2H])[2H])c3n2-c2c(C(C)C)cc(-c3ccccc3)cc2C(C)C)c2oc3cc4c(ccc5ccccc54)cc3c12.[Ir]. The molecular formula is C61H54IrN4O-2. The van der Waals surface area contributed by atoms with Gasteiger partial charge in [-0.2, -0.15) is 0 Å². The Morgan fingerprint density at radius 3 is 2.10 bits per heavy atom. The van der Waals surface area contributed by atoms with Crippen molar-refractivity contribution in [3.05, 3.63) is 192 Å². The fraction of sp³-hybridized carbons (Fsp3) is 0.197. The molecule has 0 unspecified atom stereocenters. The number of furan rings is 1. The van der Waals surface area contributed by atoms with Gasteiger partial charge in [-0.25, -0.2) is 0 Å². The van der Waals surface area contributed by atoms with Crippen LogP contribution in [0.4, 0.5) is 0 Å². The van der Waals surface area contributed by atoms with E-state index in [-0.39, 0.29) is 48.5 Å². The Labute approximate surface area is 415 Å². The second kappa shape index (κ2) is 18.2. The third-order valence-corrected chi connectivity index (χ3v) is 12.4. The van der Waals surface area contributed by atoms with Gasteiger partial charge in [0.2, 0.25) is 0 Å². The Bertz CT molecular complexity index is 3800. The second-order valence-corrected chi connectivity index (χ2v) is 18.7. The predicted molar refractivity (Wildman–Crippen MR) is 276 cm³/mol. The zero-order valence-corrected chi connectivity index (χ0v) is 41.0. The maximum absolute atomic E-state index is 8.68. The van der Waals surface area contributed by atoms with Gasteiger partial charge in [-0.3, -0.25) is 15.0 Å². The van der Waals surface area contributed by atoms with Gasteiger partial charge < -0.3 is 8.98 Å². The van der Waals surface area contributed by atoms with E-state index in [0.717, 1.165) is 66.6 Å². The first-order valence-corrected chi connectivity index (χ1v) is 22.6. The first-order chi connectivity index (χ1) is 34.3. The van der Waals surface area contributed by atoms with Gasteiger partial charge in [0.1, 0.15) is 5.58 Å². The summed E-state index contributed by atoms with van der Waals surface area (Å²) in [6, 6.07) is 53.9. The molecule has 0 aliphatic carbocycles. The van der Waals surface area contributed by atoms with Crippen molar-refractivity contribution in [2.45, 2.75) is 79.4 Å². The number of rotatable bonds is 6. The molecule has 0 aliphatic rings. The average Bonchev–Trinajstić information content (AvgIpc) is 3.93. The van der Waals surface area contributed by atoms with Gasteiger partial charge in [-0.05, 0) is 104 Å². The fourth-order valence-electron chi connectivity index (χ4n) is 9.06. The molecule has 0 N–H and O–H groups in total. The van der Waals surface area contributed by atoms with E-state index in [4.69, 9.17) is 17.6 Å². The average molecular weight is 1060 g/mol. The molecule has 0 bridgehead atoms. The summed E-state index contributed by atoms with van der Waals surface area (Å²) in [7, 11) is 0. The third kappa shape index (κ3) is 8.39. The van der Waals surface area contributed by atoms with Gasteiger partial charge >= 0.3 is 0 Å². The van der Waals surface area contributed by atoms with Gasteiger partial charge in [-0.15, -0.1) is 53.6 Å². The monoisotopic (exact) mass is 1060 g/mol. The van der Waals surface area contributed by atoms with Crippen LogP contribution in [0.2, 0.25) is 0 Å². The number of imidazole rings is 1. The molecule has 5 nitrogen and oxygen atoms in total. The molecule has 0 saturated carbocycles. The fourth-order valence-corrected chi connectivity index (χ4v) is 9.06. The molecule has 0 spiro atoms. The van der Waals surface area contributed by atoms with E-state index in [1.807, 2.05) is 89.6 Å². The van der Waals surface area contributed by atoms with Crippen molar-refractivity contribution in [1.29, 1.82) is 0 Å². The van der Waals surface area contributed by atoms with Crippen LogP contribution in [0.3, 0.4) is 0 Å². The summed E-state index contributed by atoms with van der Waals surface area (Å²) >= 11 is 0. The Morgan fingerprint density at radius 2 is 1.39 bits per heavy atom.